The number of carbonyl (C=O) groups excluding carboxylic acids is 1. The number of aryl methyl sites for hydroxylation is 1. The van der Waals surface area contributed by atoms with Gasteiger partial charge in [-0.2, -0.15) is 0 Å². The van der Waals surface area contributed by atoms with Crippen LogP contribution in [-0.2, 0) is 11.3 Å². The van der Waals surface area contributed by atoms with Crippen LogP contribution in [0.15, 0.2) is 60.4 Å². The second-order valence-electron chi connectivity index (χ2n) is 5.83. The Hall–Kier alpha value is -2.99. The van der Waals surface area contributed by atoms with Crippen molar-refractivity contribution in [2.75, 3.05) is 5.32 Å². The zero-order valence-corrected chi connectivity index (χ0v) is 14.5. The van der Waals surface area contributed by atoms with Gasteiger partial charge in [-0.3, -0.25) is 9.78 Å². The van der Waals surface area contributed by atoms with Gasteiger partial charge >= 0.3 is 0 Å². The van der Waals surface area contributed by atoms with Gasteiger partial charge in [-0.25, -0.2) is 4.98 Å². The molecule has 0 spiro atoms. The number of thiazole rings is 1. The minimum Gasteiger partial charge on any atom is -0.338 e. The van der Waals surface area contributed by atoms with Crippen LogP contribution in [-0.4, -0.2) is 20.4 Å². The molecule has 5 nitrogen and oxygen atoms in total. The van der Waals surface area contributed by atoms with E-state index in [2.05, 4.69) is 34.3 Å². The SMILES string of the molecule is Cc1ccc2c(ccn2CC(=O)Nc2nc(-c3cccnc3)cs2)c1. The van der Waals surface area contributed by atoms with Crippen LogP contribution < -0.4 is 5.32 Å². The van der Waals surface area contributed by atoms with Gasteiger partial charge in [0.25, 0.3) is 0 Å². The molecule has 0 unspecified atom stereocenters. The number of aromatic nitrogens is 3. The quantitative estimate of drug-likeness (QED) is 0.604. The molecule has 1 N–H and O–H groups in total. The normalized spacial score (nSPS) is 10.9. The van der Waals surface area contributed by atoms with E-state index in [1.165, 1.54) is 16.9 Å². The maximum atomic E-state index is 12.4. The zero-order chi connectivity index (χ0) is 17.2. The average Bonchev–Trinajstić information content (AvgIpc) is 3.23. The first-order valence-corrected chi connectivity index (χ1v) is 8.78. The van der Waals surface area contributed by atoms with Crippen LogP contribution in [0, 0.1) is 6.92 Å². The highest BCUT2D eigenvalue weighted by atomic mass is 32.1. The van der Waals surface area contributed by atoms with Gasteiger partial charge in [0.05, 0.1) is 5.69 Å². The first-order chi connectivity index (χ1) is 12.2. The molecule has 0 aliphatic rings. The van der Waals surface area contributed by atoms with Crippen molar-refractivity contribution in [3.63, 3.8) is 0 Å². The van der Waals surface area contributed by atoms with E-state index in [0.717, 1.165) is 22.2 Å². The fraction of sp³-hybridized carbons (Fsp3) is 0.105. The summed E-state index contributed by atoms with van der Waals surface area (Å²) in [6, 6.07) is 12.1. The molecule has 0 aliphatic heterocycles. The predicted molar refractivity (Wildman–Crippen MR) is 101 cm³/mol. The molecule has 25 heavy (non-hydrogen) atoms. The Morgan fingerprint density at radius 1 is 1.28 bits per heavy atom. The second kappa shape index (κ2) is 6.49. The number of pyridine rings is 1. The van der Waals surface area contributed by atoms with Crippen LogP contribution in [0.3, 0.4) is 0 Å². The minimum absolute atomic E-state index is 0.0924. The van der Waals surface area contributed by atoms with Crippen molar-refractivity contribution in [1.82, 2.24) is 14.5 Å². The van der Waals surface area contributed by atoms with Crippen LogP contribution in [0.25, 0.3) is 22.2 Å². The molecule has 0 saturated carbocycles. The van der Waals surface area contributed by atoms with E-state index in [9.17, 15) is 4.79 Å². The van der Waals surface area contributed by atoms with Crippen molar-refractivity contribution in [3.8, 4) is 11.3 Å². The Bertz CT molecular complexity index is 1040. The van der Waals surface area contributed by atoms with Crippen molar-refractivity contribution < 1.29 is 4.79 Å². The van der Waals surface area contributed by atoms with Gasteiger partial charge in [-0.1, -0.05) is 11.6 Å². The molecule has 4 rings (SSSR count). The molecule has 0 saturated heterocycles. The summed E-state index contributed by atoms with van der Waals surface area (Å²) in [5.74, 6) is -0.0924. The third kappa shape index (κ3) is 3.29. The number of nitrogens with one attached hydrogen (secondary N) is 1. The molecule has 0 atom stereocenters. The lowest BCUT2D eigenvalue weighted by Gasteiger charge is -2.05. The highest BCUT2D eigenvalue weighted by Crippen LogP contribution is 2.24. The van der Waals surface area contributed by atoms with Crippen LogP contribution >= 0.6 is 11.3 Å². The molecule has 0 radical (unpaired) electrons. The Labute approximate surface area is 149 Å². The van der Waals surface area contributed by atoms with E-state index >= 15 is 0 Å². The van der Waals surface area contributed by atoms with Crippen LogP contribution in [0.2, 0.25) is 0 Å². The van der Waals surface area contributed by atoms with E-state index in [-0.39, 0.29) is 12.5 Å². The first-order valence-electron chi connectivity index (χ1n) is 7.90. The van der Waals surface area contributed by atoms with Gasteiger partial charge < -0.3 is 9.88 Å². The number of hydrogen-bond acceptors (Lipinski definition) is 4. The highest BCUT2D eigenvalue weighted by molar-refractivity contribution is 7.14. The van der Waals surface area contributed by atoms with Gasteiger partial charge in [-0.15, -0.1) is 11.3 Å². The summed E-state index contributed by atoms with van der Waals surface area (Å²) in [6.07, 6.45) is 5.42. The molecule has 1 aromatic carbocycles. The van der Waals surface area contributed by atoms with E-state index in [0.29, 0.717) is 5.13 Å². The van der Waals surface area contributed by atoms with Gasteiger partial charge in [0, 0.05) is 35.1 Å². The molecule has 0 fully saturated rings. The molecule has 3 aromatic heterocycles. The van der Waals surface area contributed by atoms with E-state index in [1.54, 1.807) is 12.4 Å². The van der Waals surface area contributed by atoms with Crippen molar-refractivity contribution in [3.05, 3.63) is 65.9 Å². The monoisotopic (exact) mass is 348 g/mol. The summed E-state index contributed by atoms with van der Waals surface area (Å²) in [4.78, 5) is 20.9. The molecule has 124 valence electrons. The Morgan fingerprint density at radius 3 is 3.04 bits per heavy atom. The maximum absolute atomic E-state index is 12.4. The number of carbonyl (C=O) groups is 1. The topological polar surface area (TPSA) is 59.8 Å². The maximum Gasteiger partial charge on any atom is 0.246 e. The van der Waals surface area contributed by atoms with Crippen molar-refractivity contribution in [1.29, 1.82) is 0 Å². The molecular formula is C19H16N4OS. The summed E-state index contributed by atoms with van der Waals surface area (Å²) >= 11 is 1.41. The lowest BCUT2D eigenvalue weighted by molar-refractivity contribution is -0.116. The molecule has 4 aromatic rings. The van der Waals surface area contributed by atoms with E-state index < -0.39 is 0 Å². The van der Waals surface area contributed by atoms with Gasteiger partial charge in [-0.05, 0) is 42.6 Å². The first kappa shape index (κ1) is 15.5. The Balaban J connectivity index is 1.48. The number of amides is 1. The van der Waals surface area contributed by atoms with Gasteiger partial charge in [0.2, 0.25) is 5.91 Å². The lowest BCUT2D eigenvalue weighted by Crippen LogP contribution is -2.18. The Kier molecular flexibility index (Phi) is 4.03. The van der Waals surface area contributed by atoms with Gasteiger partial charge in [0.1, 0.15) is 6.54 Å². The molecule has 1 amide bonds. The standard InChI is InChI=1S/C19H16N4OS/c1-13-4-5-17-14(9-13)6-8-23(17)11-18(24)22-19-21-16(12-25-19)15-3-2-7-20-10-15/h2-10,12H,11H2,1H3,(H,21,22,24). The summed E-state index contributed by atoms with van der Waals surface area (Å²) in [6.45, 7) is 2.32. The van der Waals surface area contributed by atoms with Crippen LogP contribution in [0.1, 0.15) is 5.56 Å². The van der Waals surface area contributed by atoms with Crippen LogP contribution in [0.5, 0.6) is 0 Å². The molecule has 0 bridgehead atoms. The fourth-order valence-electron chi connectivity index (χ4n) is 2.75. The van der Waals surface area contributed by atoms with E-state index in [1.807, 2.05) is 40.4 Å². The Morgan fingerprint density at radius 2 is 2.20 bits per heavy atom. The smallest absolute Gasteiger partial charge is 0.246 e. The number of nitrogens with zero attached hydrogens (tertiary/aromatic N) is 3. The molecule has 3 heterocycles. The average molecular weight is 348 g/mol. The highest BCUT2D eigenvalue weighted by Gasteiger charge is 2.10. The lowest BCUT2D eigenvalue weighted by atomic mass is 10.2. The zero-order valence-electron chi connectivity index (χ0n) is 13.6. The number of anilines is 1. The summed E-state index contributed by atoms with van der Waals surface area (Å²) in [5.41, 5.74) is 4.01. The van der Waals surface area contributed by atoms with Crippen molar-refractivity contribution >= 4 is 33.3 Å². The summed E-state index contributed by atoms with van der Waals surface area (Å²) < 4.78 is 1.94. The predicted octanol–water partition coefficient (Wildman–Crippen LogP) is 4.11. The number of benzene rings is 1. The van der Waals surface area contributed by atoms with E-state index in [4.69, 9.17) is 0 Å². The fourth-order valence-corrected chi connectivity index (χ4v) is 3.48. The largest absolute Gasteiger partial charge is 0.338 e. The number of fused-ring (bicyclic) bond motifs is 1. The van der Waals surface area contributed by atoms with Gasteiger partial charge in [0.15, 0.2) is 5.13 Å². The number of hydrogen-bond donors (Lipinski definition) is 1. The second-order valence-corrected chi connectivity index (χ2v) is 6.69. The summed E-state index contributed by atoms with van der Waals surface area (Å²) in [5, 5.41) is 6.52. The number of rotatable bonds is 4. The summed E-state index contributed by atoms with van der Waals surface area (Å²) in [7, 11) is 0. The van der Waals surface area contributed by atoms with Crippen LogP contribution in [0.4, 0.5) is 5.13 Å². The van der Waals surface area contributed by atoms with Crippen molar-refractivity contribution in [2.45, 2.75) is 13.5 Å². The van der Waals surface area contributed by atoms with Crippen molar-refractivity contribution in [2.24, 2.45) is 0 Å². The molecular weight excluding hydrogens is 332 g/mol. The molecule has 6 heteroatoms. The minimum atomic E-state index is -0.0924. The third-order valence-electron chi connectivity index (χ3n) is 3.95. The molecule has 0 aliphatic carbocycles. The third-order valence-corrected chi connectivity index (χ3v) is 4.71.